The van der Waals surface area contributed by atoms with Crippen molar-refractivity contribution in [3.05, 3.63) is 36.2 Å². The quantitative estimate of drug-likeness (QED) is 0.818. The van der Waals surface area contributed by atoms with Crippen molar-refractivity contribution >= 4 is 11.5 Å². The molecule has 0 aromatic carbocycles. The highest BCUT2D eigenvalue weighted by atomic mass is 16.4. The number of anilines is 2. The van der Waals surface area contributed by atoms with Crippen LogP contribution in [0.4, 0.5) is 11.5 Å². The molecule has 3 N–H and O–H groups in total. The van der Waals surface area contributed by atoms with Gasteiger partial charge in [-0.1, -0.05) is 6.92 Å². The number of nitrogen functional groups attached to an aromatic ring is 1. The van der Waals surface area contributed by atoms with Gasteiger partial charge in [0.1, 0.15) is 11.6 Å². The fourth-order valence-corrected chi connectivity index (χ4v) is 1.33. The third kappa shape index (κ3) is 2.31. The first-order valence-corrected chi connectivity index (χ1v) is 5.17. The number of oxazole rings is 1. The Kier molecular flexibility index (Phi) is 3.05. The fraction of sp³-hybridized carbons (Fsp3) is 0.273. The number of aromatic nitrogens is 2. The predicted molar refractivity (Wildman–Crippen MR) is 61.9 cm³/mol. The van der Waals surface area contributed by atoms with Crippen LogP contribution in [-0.4, -0.2) is 9.97 Å². The molecule has 0 bridgehead atoms. The van der Waals surface area contributed by atoms with Crippen molar-refractivity contribution < 1.29 is 4.42 Å². The Hall–Kier alpha value is -2.04. The summed E-state index contributed by atoms with van der Waals surface area (Å²) in [5, 5.41) is 3.12. The van der Waals surface area contributed by atoms with Crippen molar-refractivity contribution in [2.24, 2.45) is 0 Å². The Balaban J connectivity index is 1.99. The smallest absolute Gasteiger partial charge is 0.213 e. The van der Waals surface area contributed by atoms with E-state index in [1.807, 2.05) is 19.1 Å². The minimum absolute atomic E-state index is 0.477. The molecule has 84 valence electrons. The third-order valence-electron chi connectivity index (χ3n) is 2.22. The summed E-state index contributed by atoms with van der Waals surface area (Å²) < 4.78 is 5.46. The molecular formula is C11H14N4O. The summed E-state index contributed by atoms with van der Waals surface area (Å²) in [5.74, 6) is 2.01. The van der Waals surface area contributed by atoms with Crippen molar-refractivity contribution in [1.29, 1.82) is 0 Å². The summed E-state index contributed by atoms with van der Waals surface area (Å²) in [6.45, 7) is 2.53. The predicted octanol–water partition coefficient (Wildman–Crippen LogP) is 1.83. The van der Waals surface area contributed by atoms with Gasteiger partial charge in [0.05, 0.1) is 18.4 Å². The average molecular weight is 218 g/mol. The van der Waals surface area contributed by atoms with Crippen molar-refractivity contribution in [3.63, 3.8) is 0 Å². The number of pyridine rings is 1. The van der Waals surface area contributed by atoms with Crippen LogP contribution in [-0.2, 0) is 13.0 Å². The number of nitrogens with zero attached hydrogens (tertiary/aromatic N) is 2. The van der Waals surface area contributed by atoms with E-state index < -0.39 is 0 Å². The molecule has 5 nitrogen and oxygen atoms in total. The zero-order valence-corrected chi connectivity index (χ0v) is 9.10. The molecule has 16 heavy (non-hydrogen) atoms. The fourth-order valence-electron chi connectivity index (χ4n) is 1.33. The molecule has 0 saturated carbocycles. The lowest BCUT2D eigenvalue weighted by Gasteiger charge is -2.05. The van der Waals surface area contributed by atoms with E-state index in [9.17, 15) is 0 Å². The van der Waals surface area contributed by atoms with Crippen LogP contribution in [0.1, 0.15) is 18.6 Å². The molecule has 2 aromatic rings. The molecule has 2 rings (SSSR count). The summed E-state index contributed by atoms with van der Waals surface area (Å²) in [4.78, 5) is 8.12. The second kappa shape index (κ2) is 4.65. The zero-order valence-electron chi connectivity index (χ0n) is 9.10. The van der Waals surface area contributed by atoms with Gasteiger partial charge in [-0.25, -0.2) is 9.97 Å². The SMILES string of the molecule is CCc1cnc(CNc2cccnc2N)o1. The highest BCUT2D eigenvalue weighted by Gasteiger charge is 2.03. The van der Waals surface area contributed by atoms with Crippen molar-refractivity contribution in [2.75, 3.05) is 11.1 Å². The lowest BCUT2D eigenvalue weighted by Crippen LogP contribution is -2.03. The summed E-state index contributed by atoms with van der Waals surface area (Å²) in [7, 11) is 0. The van der Waals surface area contributed by atoms with Crippen LogP contribution in [0.3, 0.4) is 0 Å². The molecule has 0 amide bonds. The maximum Gasteiger partial charge on any atom is 0.213 e. The average Bonchev–Trinajstić information content (AvgIpc) is 2.76. The highest BCUT2D eigenvalue weighted by Crippen LogP contribution is 2.15. The van der Waals surface area contributed by atoms with E-state index in [1.165, 1.54) is 0 Å². The Morgan fingerprint density at radius 3 is 3.00 bits per heavy atom. The van der Waals surface area contributed by atoms with Crippen molar-refractivity contribution in [2.45, 2.75) is 19.9 Å². The molecule has 0 aliphatic rings. The molecule has 2 aromatic heterocycles. The number of aryl methyl sites for hydroxylation is 1. The standard InChI is InChI=1S/C11H14N4O/c1-2-8-6-15-10(16-8)7-14-9-4-3-5-13-11(9)12/h3-6,14H,2,7H2,1H3,(H2,12,13). The summed E-state index contributed by atoms with van der Waals surface area (Å²) in [6, 6.07) is 3.69. The molecule has 0 atom stereocenters. The maximum atomic E-state index is 5.69. The van der Waals surface area contributed by atoms with Crippen molar-refractivity contribution in [3.8, 4) is 0 Å². The topological polar surface area (TPSA) is 77.0 Å². The molecule has 0 unspecified atom stereocenters. The van der Waals surface area contributed by atoms with Gasteiger partial charge in [0.15, 0.2) is 0 Å². The first-order valence-electron chi connectivity index (χ1n) is 5.17. The molecule has 0 fully saturated rings. The van der Waals surface area contributed by atoms with E-state index in [-0.39, 0.29) is 0 Å². The molecule has 0 aliphatic carbocycles. The molecule has 0 spiro atoms. The van der Waals surface area contributed by atoms with Crippen LogP contribution < -0.4 is 11.1 Å². The van der Waals surface area contributed by atoms with Gasteiger partial charge in [-0.3, -0.25) is 0 Å². The van der Waals surface area contributed by atoms with E-state index >= 15 is 0 Å². The van der Waals surface area contributed by atoms with E-state index in [1.54, 1.807) is 12.4 Å². The zero-order chi connectivity index (χ0) is 11.4. The summed E-state index contributed by atoms with van der Waals surface area (Å²) in [6.07, 6.45) is 4.24. The lowest BCUT2D eigenvalue weighted by molar-refractivity contribution is 0.466. The van der Waals surface area contributed by atoms with Gasteiger partial charge in [-0.2, -0.15) is 0 Å². The summed E-state index contributed by atoms with van der Waals surface area (Å²) >= 11 is 0. The van der Waals surface area contributed by atoms with Crippen LogP contribution in [0.25, 0.3) is 0 Å². The summed E-state index contributed by atoms with van der Waals surface area (Å²) in [5.41, 5.74) is 6.48. The van der Waals surface area contributed by atoms with E-state index in [0.29, 0.717) is 18.3 Å². The Morgan fingerprint density at radius 2 is 2.31 bits per heavy atom. The number of nitrogens with one attached hydrogen (secondary N) is 1. The second-order valence-electron chi connectivity index (χ2n) is 3.36. The van der Waals surface area contributed by atoms with Gasteiger partial charge in [-0.15, -0.1) is 0 Å². The van der Waals surface area contributed by atoms with Crippen LogP contribution >= 0.6 is 0 Å². The first kappa shape index (κ1) is 10.5. The maximum absolute atomic E-state index is 5.69. The number of hydrogen-bond acceptors (Lipinski definition) is 5. The molecule has 0 aliphatic heterocycles. The van der Waals surface area contributed by atoms with Gasteiger partial charge in [0.2, 0.25) is 5.89 Å². The molecular weight excluding hydrogens is 204 g/mol. The number of nitrogens with two attached hydrogens (primary N) is 1. The lowest BCUT2D eigenvalue weighted by atomic mass is 10.4. The van der Waals surface area contributed by atoms with Gasteiger partial charge < -0.3 is 15.5 Å². The van der Waals surface area contributed by atoms with Crippen LogP contribution in [0.2, 0.25) is 0 Å². The normalized spacial score (nSPS) is 10.3. The van der Waals surface area contributed by atoms with E-state index in [0.717, 1.165) is 17.9 Å². The first-order chi connectivity index (χ1) is 7.79. The molecule has 5 heteroatoms. The third-order valence-corrected chi connectivity index (χ3v) is 2.22. The number of rotatable bonds is 4. The monoisotopic (exact) mass is 218 g/mol. The van der Waals surface area contributed by atoms with Crippen molar-refractivity contribution in [1.82, 2.24) is 9.97 Å². The van der Waals surface area contributed by atoms with E-state index in [2.05, 4.69) is 15.3 Å². The van der Waals surface area contributed by atoms with Gasteiger partial charge in [0, 0.05) is 12.6 Å². The Labute approximate surface area is 93.7 Å². The Bertz CT molecular complexity index is 467. The molecule has 2 heterocycles. The largest absolute Gasteiger partial charge is 0.444 e. The van der Waals surface area contributed by atoms with Gasteiger partial charge in [-0.05, 0) is 12.1 Å². The number of hydrogen-bond donors (Lipinski definition) is 2. The van der Waals surface area contributed by atoms with Crippen LogP contribution in [0, 0.1) is 0 Å². The highest BCUT2D eigenvalue weighted by molar-refractivity contribution is 5.60. The second-order valence-corrected chi connectivity index (χ2v) is 3.36. The van der Waals surface area contributed by atoms with Crippen LogP contribution in [0.5, 0.6) is 0 Å². The molecule has 0 radical (unpaired) electrons. The molecule has 0 saturated heterocycles. The van der Waals surface area contributed by atoms with Crippen LogP contribution in [0.15, 0.2) is 28.9 Å². The van der Waals surface area contributed by atoms with E-state index in [4.69, 9.17) is 10.2 Å². The minimum atomic E-state index is 0.477. The Morgan fingerprint density at radius 1 is 1.44 bits per heavy atom. The van der Waals surface area contributed by atoms with Gasteiger partial charge >= 0.3 is 0 Å². The van der Waals surface area contributed by atoms with Gasteiger partial charge in [0.25, 0.3) is 0 Å². The minimum Gasteiger partial charge on any atom is -0.444 e.